The number of rotatable bonds is 3. The summed E-state index contributed by atoms with van der Waals surface area (Å²) < 4.78 is 35.8. The van der Waals surface area contributed by atoms with Crippen molar-refractivity contribution < 1.29 is 17.9 Å². The fourth-order valence-corrected chi connectivity index (χ4v) is 2.88. The van der Waals surface area contributed by atoms with Gasteiger partial charge in [-0.3, -0.25) is 0 Å². The van der Waals surface area contributed by atoms with E-state index in [1.54, 1.807) is 0 Å². The molecule has 2 aromatic carbocycles. The highest BCUT2D eigenvalue weighted by Gasteiger charge is 2.11. The average molecular weight is 393 g/mol. The number of azo groups is 1. The minimum Gasteiger partial charge on any atom is -0.493 e. The molecule has 11 heteroatoms. The summed E-state index contributed by atoms with van der Waals surface area (Å²) in [5, 5.41) is 25.6. The summed E-state index contributed by atoms with van der Waals surface area (Å²) in [6.07, 6.45) is 0. The Morgan fingerprint density at radius 3 is 2.58 bits per heavy atom. The van der Waals surface area contributed by atoms with Gasteiger partial charge in [-0.15, -0.1) is 10.2 Å². The van der Waals surface area contributed by atoms with Crippen LogP contribution < -0.4 is 10.5 Å². The summed E-state index contributed by atoms with van der Waals surface area (Å²) >= 11 is 5.03. The number of aromatic nitrogens is 1. The Balaban J connectivity index is 1.78. The normalized spacial score (nSPS) is 11.9. The third kappa shape index (κ3) is 3.85. The fraction of sp³-hybridized carbons (Fsp3) is 0. The lowest BCUT2D eigenvalue weighted by molar-refractivity contribution is 0.459. The van der Waals surface area contributed by atoms with Crippen molar-refractivity contribution in [2.75, 3.05) is 5.32 Å². The highest BCUT2D eigenvalue weighted by molar-refractivity contribution is 7.89. The number of hydrogen-bond acceptors (Lipinski definition) is 5. The lowest BCUT2D eigenvalue weighted by Gasteiger charge is -2.04. The molecular formula is C15H12FN5O3S2. The third-order valence-corrected chi connectivity index (χ3v) is 4.50. The molecule has 134 valence electrons. The van der Waals surface area contributed by atoms with E-state index in [1.807, 2.05) is 0 Å². The van der Waals surface area contributed by atoms with Gasteiger partial charge in [0.15, 0.2) is 5.69 Å². The van der Waals surface area contributed by atoms with Crippen LogP contribution in [0.5, 0.6) is 5.88 Å². The number of aromatic hydroxyl groups is 1. The Morgan fingerprint density at radius 2 is 1.92 bits per heavy atom. The molecule has 0 radical (unpaired) electrons. The molecular weight excluding hydrogens is 381 g/mol. The molecule has 0 aliphatic rings. The van der Waals surface area contributed by atoms with Gasteiger partial charge in [-0.2, -0.15) is 0 Å². The van der Waals surface area contributed by atoms with Crippen LogP contribution in [0.4, 0.5) is 15.8 Å². The van der Waals surface area contributed by atoms with Crippen molar-refractivity contribution in [3.8, 4) is 5.88 Å². The summed E-state index contributed by atoms with van der Waals surface area (Å²) in [5.41, 5.74) is 1.01. The molecule has 0 spiro atoms. The molecule has 0 unspecified atom stereocenters. The number of nitrogens with two attached hydrogens (primary N) is 1. The second-order valence-corrected chi connectivity index (χ2v) is 7.16. The Morgan fingerprint density at radius 1 is 1.23 bits per heavy atom. The van der Waals surface area contributed by atoms with Crippen LogP contribution in [0.3, 0.4) is 0 Å². The molecule has 26 heavy (non-hydrogen) atoms. The Bertz CT molecular complexity index is 1120. The van der Waals surface area contributed by atoms with Gasteiger partial charge >= 0.3 is 0 Å². The van der Waals surface area contributed by atoms with Crippen molar-refractivity contribution in [2.24, 2.45) is 15.4 Å². The predicted molar refractivity (Wildman–Crippen MR) is 98.5 cm³/mol. The smallest absolute Gasteiger partial charge is 0.238 e. The minimum absolute atomic E-state index is 0.0404. The van der Waals surface area contributed by atoms with E-state index >= 15 is 0 Å². The lowest BCUT2D eigenvalue weighted by Crippen LogP contribution is -2.12. The van der Waals surface area contributed by atoms with Crippen LogP contribution in [-0.2, 0) is 10.0 Å². The fourth-order valence-electron chi connectivity index (χ4n) is 2.21. The first-order valence-electron chi connectivity index (χ1n) is 7.10. The molecule has 0 aliphatic heterocycles. The zero-order valence-electron chi connectivity index (χ0n) is 13.0. The number of fused-ring (bicyclic) bond motifs is 1. The maximum absolute atomic E-state index is 13.4. The number of halogens is 1. The van der Waals surface area contributed by atoms with Crippen LogP contribution in [0.2, 0.25) is 0 Å². The highest BCUT2D eigenvalue weighted by Crippen LogP contribution is 2.35. The largest absolute Gasteiger partial charge is 0.493 e. The maximum Gasteiger partial charge on any atom is 0.238 e. The SMILES string of the molecule is NS(=O)(=O)c1ccc(NC(=S)N=Nc2c(O)[nH]c3ccc(F)cc23)cc1. The molecule has 0 aliphatic carbocycles. The van der Waals surface area contributed by atoms with Crippen molar-refractivity contribution in [2.45, 2.75) is 4.90 Å². The number of sulfonamides is 1. The van der Waals surface area contributed by atoms with Crippen LogP contribution in [0, 0.1) is 5.82 Å². The quantitative estimate of drug-likeness (QED) is 0.401. The monoisotopic (exact) mass is 393 g/mol. The van der Waals surface area contributed by atoms with Crippen LogP contribution in [0.25, 0.3) is 10.9 Å². The number of thiocarbonyl (C=S) groups is 1. The van der Waals surface area contributed by atoms with Gasteiger partial charge in [-0.05, 0) is 54.7 Å². The average Bonchev–Trinajstić information content (AvgIpc) is 2.87. The molecule has 0 atom stereocenters. The number of H-pyrrole nitrogens is 1. The molecule has 0 saturated carbocycles. The Hall–Kier alpha value is -2.89. The number of aromatic amines is 1. The van der Waals surface area contributed by atoms with E-state index in [1.165, 1.54) is 42.5 Å². The van der Waals surface area contributed by atoms with Crippen LogP contribution in [0.1, 0.15) is 0 Å². The first kappa shape index (κ1) is 17.9. The number of nitrogens with zero attached hydrogens (tertiary/aromatic N) is 2. The number of anilines is 1. The van der Waals surface area contributed by atoms with E-state index in [-0.39, 0.29) is 21.6 Å². The molecule has 0 saturated heterocycles. The molecule has 5 N–H and O–H groups in total. The molecule has 0 bridgehead atoms. The maximum atomic E-state index is 13.4. The molecule has 8 nitrogen and oxygen atoms in total. The van der Waals surface area contributed by atoms with Gasteiger partial charge in [0.05, 0.1) is 10.4 Å². The summed E-state index contributed by atoms with van der Waals surface area (Å²) in [5.74, 6) is -0.752. The molecule has 1 aromatic heterocycles. The van der Waals surface area contributed by atoms with E-state index in [2.05, 4.69) is 20.5 Å². The van der Waals surface area contributed by atoms with Gasteiger partial charge in [-0.25, -0.2) is 17.9 Å². The van der Waals surface area contributed by atoms with Crippen LogP contribution in [-0.4, -0.2) is 23.6 Å². The summed E-state index contributed by atoms with van der Waals surface area (Å²) in [6.45, 7) is 0. The van der Waals surface area contributed by atoms with Crippen molar-refractivity contribution >= 4 is 49.6 Å². The van der Waals surface area contributed by atoms with E-state index < -0.39 is 15.8 Å². The summed E-state index contributed by atoms with van der Waals surface area (Å²) in [6, 6.07) is 9.46. The Kier molecular flexibility index (Phi) is 4.68. The number of primary sulfonamides is 1. The standard InChI is InChI=1S/C15H12FN5O3S2/c16-8-1-6-12-11(7-8)13(14(22)19-12)20-21-15(25)18-9-2-4-10(5-3-9)26(17,23)24/h1-7,19,22H,(H,18,25)(H2,17,23,24). The van der Waals surface area contributed by atoms with Crippen LogP contribution >= 0.6 is 12.2 Å². The van der Waals surface area contributed by atoms with Crippen LogP contribution in [0.15, 0.2) is 57.6 Å². The van der Waals surface area contributed by atoms with E-state index in [0.29, 0.717) is 16.6 Å². The van der Waals surface area contributed by atoms with Gasteiger partial charge in [-0.1, -0.05) is 0 Å². The van der Waals surface area contributed by atoms with Gasteiger partial charge in [0.2, 0.25) is 21.0 Å². The second-order valence-electron chi connectivity index (χ2n) is 5.21. The zero-order chi connectivity index (χ0) is 18.9. The van der Waals surface area contributed by atoms with Crippen molar-refractivity contribution in [3.63, 3.8) is 0 Å². The van der Waals surface area contributed by atoms with Gasteiger partial charge in [0.1, 0.15) is 5.82 Å². The van der Waals surface area contributed by atoms with Crippen molar-refractivity contribution in [1.29, 1.82) is 0 Å². The van der Waals surface area contributed by atoms with E-state index in [9.17, 15) is 17.9 Å². The lowest BCUT2D eigenvalue weighted by atomic mass is 10.2. The molecule has 3 aromatic rings. The third-order valence-electron chi connectivity index (χ3n) is 3.39. The van der Waals surface area contributed by atoms with Gasteiger partial charge in [0.25, 0.3) is 0 Å². The second kappa shape index (κ2) is 6.78. The molecule has 0 fully saturated rings. The first-order valence-corrected chi connectivity index (χ1v) is 9.05. The van der Waals surface area contributed by atoms with Crippen molar-refractivity contribution in [1.82, 2.24) is 4.98 Å². The topological polar surface area (TPSA) is 133 Å². The number of benzene rings is 2. The zero-order valence-corrected chi connectivity index (χ0v) is 14.6. The van der Waals surface area contributed by atoms with E-state index in [4.69, 9.17) is 17.4 Å². The van der Waals surface area contributed by atoms with Gasteiger partial charge < -0.3 is 15.4 Å². The molecule has 0 amide bonds. The predicted octanol–water partition coefficient (Wildman–Crippen LogP) is 3.14. The number of hydrogen-bond donors (Lipinski definition) is 4. The first-order chi connectivity index (χ1) is 12.2. The van der Waals surface area contributed by atoms with Crippen molar-refractivity contribution in [3.05, 3.63) is 48.3 Å². The van der Waals surface area contributed by atoms with E-state index in [0.717, 1.165) is 0 Å². The Labute approximate surface area is 152 Å². The van der Waals surface area contributed by atoms with Gasteiger partial charge in [0, 0.05) is 11.1 Å². The highest BCUT2D eigenvalue weighted by atomic mass is 32.2. The molecule has 1 heterocycles. The number of nitrogens with one attached hydrogen (secondary N) is 2. The molecule has 3 rings (SSSR count). The minimum atomic E-state index is -3.78. The summed E-state index contributed by atoms with van der Waals surface area (Å²) in [7, 11) is -3.78. The summed E-state index contributed by atoms with van der Waals surface area (Å²) in [4.78, 5) is 2.61.